The average Bonchev–Trinajstić information content (AvgIpc) is 2.52. The third kappa shape index (κ3) is 3.39. The van der Waals surface area contributed by atoms with Gasteiger partial charge in [-0.15, -0.1) is 0 Å². The third-order valence-corrected chi connectivity index (χ3v) is 4.98. The second-order valence-corrected chi connectivity index (χ2v) is 7.53. The van der Waals surface area contributed by atoms with Gasteiger partial charge in [0.05, 0.1) is 17.6 Å². The standard InChI is InChI=1S/C18H19BrN4O2S/c1-8(2)25-17(24)12-9(3)21-16-14(15(20)22-18(26)23-16)13(12)10-6-4-5-7-11(10)19/h4-8,13H,1-3H3,(H4,20,21,22,23,26). The number of aromatic nitrogens is 2. The lowest BCUT2D eigenvalue weighted by Crippen LogP contribution is -2.27. The summed E-state index contributed by atoms with van der Waals surface area (Å²) in [6, 6.07) is 7.70. The van der Waals surface area contributed by atoms with Gasteiger partial charge in [0.2, 0.25) is 0 Å². The molecule has 0 saturated carbocycles. The molecule has 0 spiro atoms. The van der Waals surface area contributed by atoms with Crippen LogP contribution in [0.25, 0.3) is 0 Å². The number of nitrogen functional groups attached to an aromatic ring is 1. The molecule has 0 aliphatic carbocycles. The highest BCUT2D eigenvalue weighted by molar-refractivity contribution is 9.10. The van der Waals surface area contributed by atoms with Crippen LogP contribution in [-0.4, -0.2) is 22.0 Å². The van der Waals surface area contributed by atoms with E-state index in [2.05, 4.69) is 31.2 Å². The minimum Gasteiger partial charge on any atom is -0.460 e. The molecule has 4 N–H and O–H groups in total. The predicted octanol–water partition coefficient (Wildman–Crippen LogP) is 4.27. The van der Waals surface area contributed by atoms with Gasteiger partial charge >= 0.3 is 5.97 Å². The van der Waals surface area contributed by atoms with Gasteiger partial charge in [-0.3, -0.25) is 0 Å². The Kier molecular flexibility index (Phi) is 5.15. The van der Waals surface area contributed by atoms with Crippen LogP contribution in [0, 0.1) is 4.77 Å². The smallest absolute Gasteiger partial charge is 0.337 e. The lowest BCUT2D eigenvalue weighted by Gasteiger charge is -2.31. The summed E-state index contributed by atoms with van der Waals surface area (Å²) < 4.78 is 6.63. The summed E-state index contributed by atoms with van der Waals surface area (Å²) in [6.07, 6.45) is -0.235. The Morgan fingerprint density at radius 3 is 2.73 bits per heavy atom. The number of aromatic amines is 1. The average molecular weight is 435 g/mol. The van der Waals surface area contributed by atoms with E-state index in [1.165, 1.54) is 0 Å². The van der Waals surface area contributed by atoms with Gasteiger partial charge in [0.15, 0.2) is 4.77 Å². The first-order valence-corrected chi connectivity index (χ1v) is 9.32. The van der Waals surface area contributed by atoms with Crippen LogP contribution in [0.3, 0.4) is 0 Å². The number of fused-ring (bicyclic) bond motifs is 1. The van der Waals surface area contributed by atoms with Crippen LogP contribution < -0.4 is 11.1 Å². The molecule has 3 rings (SSSR count). The summed E-state index contributed by atoms with van der Waals surface area (Å²) >= 11 is 8.72. The number of rotatable bonds is 3. The van der Waals surface area contributed by atoms with Crippen molar-refractivity contribution in [3.8, 4) is 0 Å². The fourth-order valence-corrected chi connectivity index (χ4v) is 3.78. The van der Waals surface area contributed by atoms with Crippen LogP contribution in [0.15, 0.2) is 40.0 Å². The fourth-order valence-electron chi connectivity index (χ4n) is 3.06. The number of carbonyl (C=O) groups excluding carboxylic acids is 1. The molecule has 2 aromatic rings. The van der Waals surface area contributed by atoms with Gasteiger partial charge in [0, 0.05) is 15.7 Å². The summed E-state index contributed by atoms with van der Waals surface area (Å²) in [5, 5.41) is 3.15. The summed E-state index contributed by atoms with van der Waals surface area (Å²) in [7, 11) is 0. The number of H-pyrrole nitrogens is 1. The Hall–Kier alpha value is -2.19. The summed E-state index contributed by atoms with van der Waals surface area (Å²) in [4.78, 5) is 20.1. The summed E-state index contributed by atoms with van der Waals surface area (Å²) in [5.74, 6) is 0.0897. The van der Waals surface area contributed by atoms with E-state index < -0.39 is 11.9 Å². The molecule has 1 aromatic heterocycles. The zero-order valence-electron chi connectivity index (χ0n) is 14.6. The number of nitrogens with one attached hydrogen (secondary N) is 2. The number of hydrogen-bond donors (Lipinski definition) is 3. The number of anilines is 2. The highest BCUT2D eigenvalue weighted by atomic mass is 79.9. The van der Waals surface area contributed by atoms with Crippen molar-refractivity contribution in [3.63, 3.8) is 0 Å². The number of nitrogens with two attached hydrogens (primary N) is 1. The van der Waals surface area contributed by atoms with Crippen LogP contribution in [0.2, 0.25) is 0 Å². The van der Waals surface area contributed by atoms with Crippen molar-refractivity contribution in [2.45, 2.75) is 32.8 Å². The van der Waals surface area contributed by atoms with Crippen LogP contribution in [0.4, 0.5) is 11.6 Å². The number of esters is 1. The van der Waals surface area contributed by atoms with E-state index in [9.17, 15) is 4.79 Å². The largest absolute Gasteiger partial charge is 0.460 e. The van der Waals surface area contributed by atoms with Gasteiger partial charge < -0.3 is 20.8 Å². The van der Waals surface area contributed by atoms with Crippen molar-refractivity contribution < 1.29 is 9.53 Å². The molecule has 2 heterocycles. The Labute approximate surface area is 165 Å². The third-order valence-electron chi connectivity index (χ3n) is 4.07. The van der Waals surface area contributed by atoms with Crippen LogP contribution in [0.1, 0.15) is 37.8 Å². The molecule has 1 atom stereocenters. The first-order chi connectivity index (χ1) is 12.3. The van der Waals surface area contributed by atoms with E-state index in [0.717, 1.165) is 10.0 Å². The van der Waals surface area contributed by atoms with Gasteiger partial charge in [0.1, 0.15) is 11.6 Å². The van der Waals surface area contributed by atoms with Crippen molar-refractivity contribution in [1.82, 2.24) is 9.97 Å². The zero-order chi connectivity index (χ0) is 19.0. The highest BCUT2D eigenvalue weighted by Gasteiger charge is 2.37. The number of allylic oxidation sites excluding steroid dienone is 1. The fraction of sp³-hybridized carbons (Fsp3) is 0.278. The van der Waals surface area contributed by atoms with Gasteiger partial charge in [-0.1, -0.05) is 34.1 Å². The molecule has 8 heteroatoms. The molecule has 1 aromatic carbocycles. The maximum atomic E-state index is 12.9. The lowest BCUT2D eigenvalue weighted by molar-refractivity contribution is -0.142. The highest BCUT2D eigenvalue weighted by Crippen LogP contribution is 2.45. The summed E-state index contributed by atoms with van der Waals surface area (Å²) in [6.45, 7) is 5.46. The second kappa shape index (κ2) is 7.20. The lowest BCUT2D eigenvalue weighted by atomic mass is 9.82. The molecule has 0 radical (unpaired) electrons. The molecule has 26 heavy (non-hydrogen) atoms. The monoisotopic (exact) mass is 434 g/mol. The second-order valence-electron chi connectivity index (χ2n) is 6.29. The molecular weight excluding hydrogens is 416 g/mol. The maximum Gasteiger partial charge on any atom is 0.337 e. The van der Waals surface area contributed by atoms with Crippen molar-refractivity contribution in [1.29, 1.82) is 0 Å². The molecule has 6 nitrogen and oxygen atoms in total. The van der Waals surface area contributed by atoms with E-state index >= 15 is 0 Å². The van der Waals surface area contributed by atoms with Crippen molar-refractivity contribution in [3.05, 3.63) is 55.9 Å². The number of benzene rings is 1. The van der Waals surface area contributed by atoms with Crippen LogP contribution >= 0.6 is 28.1 Å². The number of nitrogens with zero attached hydrogens (tertiary/aromatic N) is 1. The number of halogens is 1. The number of ether oxygens (including phenoxy) is 1. The van der Waals surface area contributed by atoms with E-state index in [-0.39, 0.29) is 10.9 Å². The Morgan fingerprint density at radius 1 is 1.38 bits per heavy atom. The van der Waals surface area contributed by atoms with Gasteiger partial charge in [0.25, 0.3) is 0 Å². The first-order valence-electron chi connectivity index (χ1n) is 8.12. The van der Waals surface area contributed by atoms with E-state index in [1.807, 2.05) is 45.0 Å². The minimum atomic E-state index is -0.438. The normalized spacial score (nSPS) is 16.3. The number of carbonyl (C=O) groups is 1. The molecule has 136 valence electrons. The minimum absolute atomic E-state index is 0.235. The number of hydrogen-bond acceptors (Lipinski definition) is 6. The molecule has 1 unspecified atom stereocenters. The van der Waals surface area contributed by atoms with Crippen molar-refractivity contribution >= 4 is 45.8 Å². The molecule has 0 bridgehead atoms. The Morgan fingerprint density at radius 2 is 2.08 bits per heavy atom. The Balaban J connectivity index is 2.28. The van der Waals surface area contributed by atoms with Gasteiger partial charge in [-0.05, 0) is 44.6 Å². The topological polar surface area (TPSA) is 93.0 Å². The SMILES string of the molecule is CC1=C(C(=O)OC(C)C)C(c2ccccc2Br)c2c(nc(=S)[nH]c2N)N1. The molecular formula is C18H19BrN4O2S. The molecule has 0 amide bonds. The van der Waals surface area contributed by atoms with Crippen LogP contribution in [0.5, 0.6) is 0 Å². The maximum absolute atomic E-state index is 12.9. The quantitative estimate of drug-likeness (QED) is 0.493. The van der Waals surface area contributed by atoms with Crippen molar-refractivity contribution in [2.24, 2.45) is 0 Å². The van der Waals surface area contributed by atoms with E-state index in [4.69, 9.17) is 22.7 Å². The Bertz CT molecular complexity index is 968. The summed E-state index contributed by atoms with van der Waals surface area (Å²) in [5.41, 5.74) is 8.96. The first kappa shape index (κ1) is 18.6. The van der Waals surface area contributed by atoms with Crippen molar-refractivity contribution in [2.75, 3.05) is 11.1 Å². The predicted molar refractivity (Wildman–Crippen MR) is 107 cm³/mol. The van der Waals surface area contributed by atoms with Crippen LogP contribution in [-0.2, 0) is 9.53 Å². The molecule has 0 fully saturated rings. The zero-order valence-corrected chi connectivity index (χ0v) is 17.0. The van der Waals surface area contributed by atoms with E-state index in [1.54, 1.807) is 0 Å². The van der Waals surface area contributed by atoms with E-state index in [0.29, 0.717) is 28.5 Å². The molecule has 1 aliphatic heterocycles. The molecule has 0 saturated heterocycles. The van der Waals surface area contributed by atoms with Gasteiger partial charge in [-0.25, -0.2) is 9.78 Å². The van der Waals surface area contributed by atoms with Gasteiger partial charge in [-0.2, -0.15) is 0 Å². The molecule has 1 aliphatic rings.